The van der Waals surface area contributed by atoms with Crippen LogP contribution in [-0.2, 0) is 4.74 Å². The molecule has 5 nitrogen and oxygen atoms in total. The van der Waals surface area contributed by atoms with Crippen LogP contribution in [0.25, 0.3) is 0 Å². The molecular formula is C17H20N2O3. The van der Waals surface area contributed by atoms with Crippen LogP contribution in [0.5, 0.6) is 0 Å². The van der Waals surface area contributed by atoms with Gasteiger partial charge in [-0.25, -0.2) is 9.78 Å². The molecule has 2 N–H and O–H groups in total. The summed E-state index contributed by atoms with van der Waals surface area (Å²) in [6, 6.07) is 15.0. The van der Waals surface area contributed by atoms with Gasteiger partial charge in [0.15, 0.2) is 5.69 Å². The molecule has 0 fully saturated rings. The summed E-state index contributed by atoms with van der Waals surface area (Å²) in [5, 5.41) is 12.0. The van der Waals surface area contributed by atoms with Crippen LogP contribution in [0.2, 0.25) is 0 Å². The quantitative estimate of drug-likeness (QED) is 0.731. The maximum atomic E-state index is 10.8. The van der Waals surface area contributed by atoms with E-state index < -0.39 is 5.97 Å². The number of pyridine rings is 1. The van der Waals surface area contributed by atoms with Crippen molar-refractivity contribution in [3.8, 4) is 0 Å². The van der Waals surface area contributed by atoms with Crippen molar-refractivity contribution in [1.29, 1.82) is 0 Å². The van der Waals surface area contributed by atoms with Crippen molar-refractivity contribution in [3.63, 3.8) is 0 Å². The predicted octanol–water partition coefficient (Wildman–Crippen LogP) is 3.36. The number of rotatable bonds is 8. The molecule has 116 valence electrons. The van der Waals surface area contributed by atoms with Gasteiger partial charge in [-0.3, -0.25) is 0 Å². The molecule has 0 spiro atoms. The molecule has 1 atom stereocenters. The molecule has 0 saturated carbocycles. The molecule has 0 amide bonds. The van der Waals surface area contributed by atoms with Gasteiger partial charge in [0.1, 0.15) is 5.82 Å². The third-order valence-corrected chi connectivity index (χ3v) is 3.23. The second-order valence-electron chi connectivity index (χ2n) is 4.92. The second kappa shape index (κ2) is 8.14. The molecule has 1 heterocycles. The molecule has 2 rings (SSSR count). The van der Waals surface area contributed by atoms with E-state index in [9.17, 15) is 4.79 Å². The Morgan fingerprint density at radius 2 is 2.00 bits per heavy atom. The summed E-state index contributed by atoms with van der Waals surface area (Å²) in [6.45, 7) is 3.33. The van der Waals surface area contributed by atoms with Gasteiger partial charge >= 0.3 is 5.97 Å². The number of nitrogens with zero attached hydrogens (tertiary/aromatic N) is 1. The lowest BCUT2D eigenvalue weighted by molar-refractivity contribution is 0.0655. The van der Waals surface area contributed by atoms with Gasteiger partial charge in [-0.05, 0) is 31.0 Å². The third kappa shape index (κ3) is 4.86. The lowest BCUT2D eigenvalue weighted by Crippen LogP contribution is -2.10. The first-order valence-electron chi connectivity index (χ1n) is 7.27. The number of nitrogens with one attached hydrogen (secondary N) is 1. The molecule has 1 aromatic carbocycles. The summed E-state index contributed by atoms with van der Waals surface area (Å²) in [6.07, 6.45) is 0.880. The molecule has 2 aromatic rings. The molecule has 0 saturated heterocycles. The summed E-state index contributed by atoms with van der Waals surface area (Å²) >= 11 is 0. The fraction of sp³-hybridized carbons (Fsp3) is 0.294. The number of carboxylic acids is 1. The zero-order valence-electron chi connectivity index (χ0n) is 12.5. The highest BCUT2D eigenvalue weighted by Gasteiger charge is 2.05. The number of aromatic nitrogens is 1. The van der Waals surface area contributed by atoms with Gasteiger partial charge in [-0.1, -0.05) is 36.4 Å². The first kappa shape index (κ1) is 16.0. The first-order chi connectivity index (χ1) is 10.7. The van der Waals surface area contributed by atoms with Gasteiger partial charge in [0, 0.05) is 13.2 Å². The Morgan fingerprint density at radius 1 is 1.23 bits per heavy atom. The van der Waals surface area contributed by atoms with E-state index in [1.807, 2.05) is 37.3 Å². The minimum atomic E-state index is -1.02. The van der Waals surface area contributed by atoms with Crippen LogP contribution in [0, 0.1) is 0 Å². The lowest BCUT2D eigenvalue weighted by atomic mass is 10.1. The van der Waals surface area contributed by atoms with E-state index in [1.165, 1.54) is 6.07 Å². The van der Waals surface area contributed by atoms with Crippen molar-refractivity contribution >= 4 is 11.8 Å². The number of anilines is 1. The van der Waals surface area contributed by atoms with Crippen LogP contribution < -0.4 is 5.32 Å². The second-order valence-corrected chi connectivity index (χ2v) is 4.92. The van der Waals surface area contributed by atoms with Crippen molar-refractivity contribution in [1.82, 2.24) is 4.98 Å². The topological polar surface area (TPSA) is 71.5 Å². The van der Waals surface area contributed by atoms with E-state index in [0.29, 0.717) is 19.0 Å². The van der Waals surface area contributed by atoms with Crippen LogP contribution in [0.4, 0.5) is 5.82 Å². The number of carbonyl (C=O) groups is 1. The highest BCUT2D eigenvalue weighted by Crippen LogP contribution is 2.15. The largest absolute Gasteiger partial charge is 0.477 e. The summed E-state index contributed by atoms with van der Waals surface area (Å²) < 4.78 is 5.77. The predicted molar refractivity (Wildman–Crippen MR) is 85.1 cm³/mol. The molecule has 22 heavy (non-hydrogen) atoms. The van der Waals surface area contributed by atoms with Crippen molar-refractivity contribution in [2.24, 2.45) is 0 Å². The summed E-state index contributed by atoms with van der Waals surface area (Å²) in [5.74, 6) is -0.459. The van der Waals surface area contributed by atoms with E-state index in [4.69, 9.17) is 9.84 Å². The number of benzene rings is 1. The molecular weight excluding hydrogens is 280 g/mol. The van der Waals surface area contributed by atoms with E-state index in [0.717, 1.165) is 12.0 Å². The van der Waals surface area contributed by atoms with Crippen LogP contribution in [0.1, 0.15) is 35.5 Å². The Kier molecular flexibility index (Phi) is 5.91. The standard InChI is InChI=1S/C17H20N2O3/c1-13(14-7-3-2-4-8-14)22-12-6-11-18-16-10-5-9-15(19-16)17(20)21/h2-5,7-10,13H,6,11-12H2,1H3,(H,18,19)(H,20,21). The van der Waals surface area contributed by atoms with Crippen molar-refractivity contribution < 1.29 is 14.6 Å². The first-order valence-corrected chi connectivity index (χ1v) is 7.27. The van der Waals surface area contributed by atoms with Crippen LogP contribution in [-0.4, -0.2) is 29.2 Å². The van der Waals surface area contributed by atoms with E-state index >= 15 is 0 Å². The normalized spacial score (nSPS) is 11.9. The molecule has 0 aliphatic carbocycles. The fourth-order valence-electron chi connectivity index (χ4n) is 2.02. The van der Waals surface area contributed by atoms with Crippen molar-refractivity contribution in [2.45, 2.75) is 19.4 Å². The van der Waals surface area contributed by atoms with Crippen LogP contribution in [0.3, 0.4) is 0 Å². The van der Waals surface area contributed by atoms with Gasteiger partial charge in [-0.2, -0.15) is 0 Å². The van der Waals surface area contributed by atoms with Gasteiger partial charge in [0.25, 0.3) is 0 Å². The minimum absolute atomic E-state index is 0.0407. The summed E-state index contributed by atoms with van der Waals surface area (Å²) in [4.78, 5) is 14.8. The van der Waals surface area contributed by atoms with Crippen LogP contribution in [0.15, 0.2) is 48.5 Å². The lowest BCUT2D eigenvalue weighted by Gasteiger charge is -2.13. The van der Waals surface area contributed by atoms with E-state index in [2.05, 4.69) is 10.3 Å². The summed E-state index contributed by atoms with van der Waals surface area (Å²) in [5.41, 5.74) is 1.20. The Bertz CT molecular complexity index is 602. The number of aromatic carboxylic acids is 1. The third-order valence-electron chi connectivity index (χ3n) is 3.23. The van der Waals surface area contributed by atoms with Gasteiger partial charge < -0.3 is 15.2 Å². The van der Waals surface area contributed by atoms with Gasteiger partial charge in [0.2, 0.25) is 0 Å². The smallest absolute Gasteiger partial charge is 0.354 e. The average molecular weight is 300 g/mol. The van der Waals surface area contributed by atoms with Crippen molar-refractivity contribution in [3.05, 3.63) is 59.8 Å². The average Bonchev–Trinajstić information content (AvgIpc) is 2.55. The summed E-state index contributed by atoms with van der Waals surface area (Å²) in [7, 11) is 0. The maximum Gasteiger partial charge on any atom is 0.354 e. The van der Waals surface area contributed by atoms with Crippen molar-refractivity contribution in [2.75, 3.05) is 18.5 Å². The number of ether oxygens (including phenoxy) is 1. The Labute approximate surface area is 130 Å². The highest BCUT2D eigenvalue weighted by atomic mass is 16.5. The monoisotopic (exact) mass is 300 g/mol. The molecule has 5 heteroatoms. The number of carboxylic acid groups (broad SMARTS) is 1. The number of hydrogen-bond donors (Lipinski definition) is 2. The Hall–Kier alpha value is -2.40. The molecule has 1 aromatic heterocycles. The molecule has 1 unspecified atom stereocenters. The molecule has 0 radical (unpaired) electrons. The van der Waals surface area contributed by atoms with Gasteiger partial charge in [0.05, 0.1) is 6.10 Å². The Morgan fingerprint density at radius 3 is 2.73 bits per heavy atom. The van der Waals surface area contributed by atoms with Gasteiger partial charge in [-0.15, -0.1) is 0 Å². The van der Waals surface area contributed by atoms with E-state index in [-0.39, 0.29) is 11.8 Å². The zero-order valence-corrected chi connectivity index (χ0v) is 12.5. The zero-order chi connectivity index (χ0) is 15.8. The molecule has 0 aliphatic heterocycles. The molecule has 0 aliphatic rings. The number of hydrogen-bond acceptors (Lipinski definition) is 4. The highest BCUT2D eigenvalue weighted by molar-refractivity contribution is 5.85. The Balaban J connectivity index is 1.69. The maximum absolute atomic E-state index is 10.8. The van der Waals surface area contributed by atoms with E-state index in [1.54, 1.807) is 12.1 Å². The molecule has 0 bridgehead atoms. The fourth-order valence-corrected chi connectivity index (χ4v) is 2.02. The van der Waals surface area contributed by atoms with Crippen LogP contribution >= 0.6 is 0 Å². The SMILES string of the molecule is CC(OCCCNc1cccc(C(=O)O)n1)c1ccccc1. The minimum Gasteiger partial charge on any atom is -0.477 e.